The van der Waals surface area contributed by atoms with Crippen molar-refractivity contribution in [3.8, 4) is 0 Å². The van der Waals surface area contributed by atoms with Crippen LogP contribution in [0.4, 0.5) is 0 Å². The van der Waals surface area contributed by atoms with Crippen molar-refractivity contribution in [2.45, 2.75) is 46.1 Å². The van der Waals surface area contributed by atoms with E-state index in [0.717, 1.165) is 0 Å². The van der Waals surface area contributed by atoms with Crippen LogP contribution in [0.2, 0.25) is 0 Å². The maximum atomic E-state index is 3.45. The van der Waals surface area contributed by atoms with Crippen LogP contribution < -0.4 is 5.32 Å². The number of hydrogen-bond donors (Lipinski definition) is 1. The Morgan fingerprint density at radius 2 is 2.00 bits per heavy atom. The van der Waals surface area contributed by atoms with Crippen LogP contribution in [0.3, 0.4) is 0 Å². The van der Waals surface area contributed by atoms with Gasteiger partial charge in [0.25, 0.3) is 0 Å². The van der Waals surface area contributed by atoms with Crippen LogP contribution in [0, 0.1) is 5.41 Å². The molecule has 0 spiro atoms. The predicted molar refractivity (Wildman–Crippen MR) is 70.2 cm³/mol. The van der Waals surface area contributed by atoms with Crippen LogP contribution >= 0.6 is 11.9 Å². The zero-order valence-corrected chi connectivity index (χ0v) is 11.5. The first kappa shape index (κ1) is 13.3. The zero-order chi connectivity index (χ0) is 11.3. The minimum Gasteiger partial charge on any atom is -0.315 e. The maximum absolute atomic E-state index is 3.45. The van der Waals surface area contributed by atoms with Crippen molar-refractivity contribution in [3.63, 3.8) is 0 Å². The fourth-order valence-corrected chi connectivity index (χ4v) is 3.08. The van der Waals surface area contributed by atoms with Crippen LogP contribution in [0.5, 0.6) is 0 Å². The van der Waals surface area contributed by atoms with E-state index in [1.807, 2.05) is 11.9 Å². The minimum absolute atomic E-state index is 0.349. The van der Waals surface area contributed by atoms with Gasteiger partial charge in [0, 0.05) is 24.9 Å². The van der Waals surface area contributed by atoms with Crippen molar-refractivity contribution in [1.82, 2.24) is 9.62 Å². The summed E-state index contributed by atoms with van der Waals surface area (Å²) in [5.74, 6) is 1.31. The third kappa shape index (κ3) is 4.75. The molecule has 1 aliphatic heterocycles. The molecule has 1 heterocycles. The van der Waals surface area contributed by atoms with Crippen LogP contribution in [0.1, 0.15) is 40.0 Å². The quantitative estimate of drug-likeness (QED) is 0.751. The summed E-state index contributed by atoms with van der Waals surface area (Å²) in [7, 11) is 2.08. The summed E-state index contributed by atoms with van der Waals surface area (Å²) in [6.45, 7) is 9.38. The van der Waals surface area contributed by atoms with Gasteiger partial charge in [-0.15, -0.1) is 0 Å². The summed E-state index contributed by atoms with van der Waals surface area (Å²) < 4.78 is 2.55. The first-order valence-electron chi connectivity index (χ1n) is 6.09. The Hall–Kier alpha value is 0.270. The summed E-state index contributed by atoms with van der Waals surface area (Å²) in [6.07, 6.45) is 4.16. The van der Waals surface area contributed by atoms with Crippen molar-refractivity contribution in [2.75, 3.05) is 25.9 Å². The highest BCUT2D eigenvalue weighted by Gasteiger charge is 2.25. The van der Waals surface area contributed by atoms with Crippen molar-refractivity contribution >= 4 is 11.9 Å². The molecule has 2 nitrogen and oxygen atoms in total. The van der Waals surface area contributed by atoms with Gasteiger partial charge in [0.1, 0.15) is 0 Å². The monoisotopic (exact) mass is 230 g/mol. The number of rotatable bonds is 3. The smallest absolute Gasteiger partial charge is 0.0249 e. The first-order valence-corrected chi connectivity index (χ1v) is 7.03. The molecule has 0 aromatic carbocycles. The van der Waals surface area contributed by atoms with Gasteiger partial charge in [-0.1, -0.05) is 39.1 Å². The van der Waals surface area contributed by atoms with Gasteiger partial charge in [0.15, 0.2) is 0 Å². The number of nitrogens with one attached hydrogen (secondary N) is 1. The molecule has 1 aliphatic rings. The standard InChI is InChI=1S/C12H26N2S/c1-12(2,3)11(13-4)10-14-8-6-5-7-9-15-14/h11,13H,5-10H2,1-4H3. The Bertz CT molecular complexity index is 169. The third-order valence-electron chi connectivity index (χ3n) is 3.11. The van der Waals surface area contributed by atoms with E-state index in [2.05, 4.69) is 37.4 Å². The number of likely N-dealkylation sites (N-methyl/N-ethyl adjacent to an activating group) is 1. The SMILES string of the molecule is CNC(CN1CCCCCS1)C(C)(C)C. The molecule has 0 aromatic rings. The highest BCUT2D eigenvalue weighted by Crippen LogP contribution is 2.24. The van der Waals surface area contributed by atoms with Crippen molar-refractivity contribution < 1.29 is 0 Å². The second kappa shape index (κ2) is 6.12. The molecule has 0 aromatic heterocycles. The Balaban J connectivity index is 2.42. The van der Waals surface area contributed by atoms with Crippen LogP contribution in [-0.2, 0) is 0 Å². The van der Waals surface area contributed by atoms with Gasteiger partial charge in [0.2, 0.25) is 0 Å². The van der Waals surface area contributed by atoms with E-state index in [9.17, 15) is 0 Å². The van der Waals surface area contributed by atoms with E-state index >= 15 is 0 Å². The van der Waals surface area contributed by atoms with E-state index in [4.69, 9.17) is 0 Å². The van der Waals surface area contributed by atoms with Gasteiger partial charge in [-0.25, -0.2) is 4.31 Å². The summed E-state index contributed by atoms with van der Waals surface area (Å²) in [6, 6.07) is 0.586. The molecule has 15 heavy (non-hydrogen) atoms. The minimum atomic E-state index is 0.349. The van der Waals surface area contributed by atoms with Crippen molar-refractivity contribution in [3.05, 3.63) is 0 Å². The average Bonchev–Trinajstić information content (AvgIpc) is 2.40. The molecule has 0 radical (unpaired) electrons. The lowest BCUT2D eigenvalue weighted by molar-refractivity contribution is 0.241. The Morgan fingerprint density at radius 3 is 2.60 bits per heavy atom. The molecule has 1 rings (SSSR count). The summed E-state index contributed by atoms with van der Waals surface area (Å²) in [5.41, 5.74) is 0.349. The average molecular weight is 230 g/mol. The molecule has 90 valence electrons. The molecular weight excluding hydrogens is 204 g/mol. The maximum Gasteiger partial charge on any atom is 0.0249 e. The Morgan fingerprint density at radius 1 is 1.27 bits per heavy atom. The fraction of sp³-hybridized carbons (Fsp3) is 1.00. The Labute approximate surface area is 99.3 Å². The lowest BCUT2D eigenvalue weighted by Crippen LogP contribution is -2.45. The van der Waals surface area contributed by atoms with Crippen LogP contribution in [0.25, 0.3) is 0 Å². The number of hydrogen-bond acceptors (Lipinski definition) is 3. The summed E-state index contributed by atoms with van der Waals surface area (Å²) in [4.78, 5) is 0. The first-order chi connectivity index (χ1) is 7.04. The van der Waals surface area contributed by atoms with Crippen LogP contribution in [-0.4, -0.2) is 36.2 Å². The molecular formula is C12H26N2S. The second-order valence-electron chi connectivity index (χ2n) is 5.49. The summed E-state index contributed by atoms with van der Waals surface area (Å²) in [5, 5.41) is 3.45. The van der Waals surface area contributed by atoms with Crippen LogP contribution in [0.15, 0.2) is 0 Å². The molecule has 1 saturated heterocycles. The van der Waals surface area contributed by atoms with Gasteiger partial charge in [-0.3, -0.25) is 0 Å². The van der Waals surface area contributed by atoms with Gasteiger partial charge in [-0.05, 0) is 25.3 Å². The molecule has 3 heteroatoms. The van der Waals surface area contributed by atoms with Gasteiger partial charge >= 0.3 is 0 Å². The largest absolute Gasteiger partial charge is 0.315 e. The zero-order valence-electron chi connectivity index (χ0n) is 10.7. The third-order valence-corrected chi connectivity index (χ3v) is 4.27. The lowest BCUT2D eigenvalue weighted by atomic mass is 9.87. The van der Waals surface area contributed by atoms with E-state index in [0.29, 0.717) is 11.5 Å². The molecule has 0 amide bonds. The van der Waals surface area contributed by atoms with E-state index in [-0.39, 0.29) is 0 Å². The molecule has 0 bridgehead atoms. The number of nitrogens with zero attached hydrogens (tertiary/aromatic N) is 1. The van der Waals surface area contributed by atoms with E-state index < -0.39 is 0 Å². The highest BCUT2D eigenvalue weighted by atomic mass is 32.2. The van der Waals surface area contributed by atoms with Crippen molar-refractivity contribution in [2.24, 2.45) is 5.41 Å². The van der Waals surface area contributed by atoms with Gasteiger partial charge < -0.3 is 5.32 Å². The molecule has 0 aliphatic carbocycles. The molecule has 1 fully saturated rings. The molecule has 1 atom stereocenters. The summed E-state index contributed by atoms with van der Waals surface area (Å²) >= 11 is 2.04. The second-order valence-corrected chi connectivity index (χ2v) is 6.67. The molecule has 1 unspecified atom stereocenters. The van der Waals surface area contributed by atoms with Gasteiger partial charge in [-0.2, -0.15) is 0 Å². The van der Waals surface area contributed by atoms with E-state index in [1.54, 1.807) is 0 Å². The molecule has 0 saturated carbocycles. The molecule has 1 N–H and O–H groups in total. The normalized spacial score (nSPS) is 22.4. The fourth-order valence-electron chi connectivity index (χ4n) is 1.97. The predicted octanol–water partition coefficient (Wildman–Crippen LogP) is 2.75. The highest BCUT2D eigenvalue weighted by molar-refractivity contribution is 7.97. The van der Waals surface area contributed by atoms with E-state index in [1.165, 1.54) is 38.1 Å². The lowest BCUT2D eigenvalue weighted by Gasteiger charge is -2.34. The Kier molecular flexibility index (Phi) is 5.44. The van der Waals surface area contributed by atoms with Gasteiger partial charge in [0.05, 0.1) is 0 Å². The van der Waals surface area contributed by atoms with Crippen molar-refractivity contribution in [1.29, 1.82) is 0 Å². The topological polar surface area (TPSA) is 15.3 Å².